The zero-order valence-corrected chi connectivity index (χ0v) is 13.4. The van der Waals surface area contributed by atoms with Gasteiger partial charge in [0.15, 0.2) is 0 Å². The van der Waals surface area contributed by atoms with Gasteiger partial charge in [-0.1, -0.05) is 20.8 Å². The minimum atomic E-state index is 0.565. The molecule has 2 atom stereocenters. The van der Waals surface area contributed by atoms with Crippen LogP contribution in [-0.2, 0) is 0 Å². The standard InChI is InChI=1S/C16H33N3/c1-14-13-16(2,3)6-5-15(14)18(4)11-12-19-9-7-17-8-10-19/h14-15,17H,5-13H2,1-4H3. The molecule has 0 bridgehead atoms. The van der Waals surface area contributed by atoms with E-state index in [1.807, 2.05) is 0 Å². The van der Waals surface area contributed by atoms with Gasteiger partial charge in [0.2, 0.25) is 0 Å². The average molecular weight is 267 g/mol. The highest BCUT2D eigenvalue weighted by molar-refractivity contribution is 4.87. The van der Waals surface area contributed by atoms with E-state index in [9.17, 15) is 0 Å². The highest BCUT2D eigenvalue weighted by Gasteiger charge is 2.34. The topological polar surface area (TPSA) is 18.5 Å². The van der Waals surface area contributed by atoms with Gasteiger partial charge < -0.3 is 10.2 Å². The van der Waals surface area contributed by atoms with Crippen LogP contribution in [0.1, 0.15) is 40.0 Å². The highest BCUT2D eigenvalue weighted by atomic mass is 15.2. The molecule has 1 saturated carbocycles. The van der Waals surface area contributed by atoms with E-state index in [1.54, 1.807) is 0 Å². The quantitative estimate of drug-likeness (QED) is 0.841. The summed E-state index contributed by atoms with van der Waals surface area (Å²) >= 11 is 0. The van der Waals surface area contributed by atoms with E-state index in [2.05, 4.69) is 42.9 Å². The van der Waals surface area contributed by atoms with Gasteiger partial charge in [0, 0.05) is 45.3 Å². The van der Waals surface area contributed by atoms with Crippen molar-refractivity contribution in [2.45, 2.75) is 46.1 Å². The Bertz CT molecular complexity index is 271. The van der Waals surface area contributed by atoms with Gasteiger partial charge >= 0.3 is 0 Å². The fraction of sp³-hybridized carbons (Fsp3) is 1.00. The monoisotopic (exact) mass is 267 g/mol. The van der Waals surface area contributed by atoms with Gasteiger partial charge in [0.25, 0.3) is 0 Å². The van der Waals surface area contributed by atoms with Crippen LogP contribution in [0.4, 0.5) is 0 Å². The first-order valence-electron chi connectivity index (χ1n) is 8.11. The molecule has 3 nitrogen and oxygen atoms in total. The number of likely N-dealkylation sites (N-methyl/N-ethyl adjacent to an activating group) is 1. The zero-order valence-electron chi connectivity index (χ0n) is 13.4. The molecule has 0 aromatic heterocycles. The van der Waals surface area contributed by atoms with E-state index >= 15 is 0 Å². The lowest BCUT2D eigenvalue weighted by Crippen LogP contribution is -2.49. The van der Waals surface area contributed by atoms with E-state index in [0.29, 0.717) is 5.41 Å². The van der Waals surface area contributed by atoms with E-state index in [1.165, 1.54) is 45.4 Å². The third-order valence-electron chi connectivity index (χ3n) is 5.19. The fourth-order valence-electron chi connectivity index (χ4n) is 3.99. The van der Waals surface area contributed by atoms with Crippen molar-refractivity contribution in [2.75, 3.05) is 46.3 Å². The minimum Gasteiger partial charge on any atom is -0.314 e. The van der Waals surface area contributed by atoms with Gasteiger partial charge in [0.1, 0.15) is 0 Å². The SMILES string of the molecule is CC1CC(C)(C)CCC1N(C)CCN1CCNCC1. The highest BCUT2D eigenvalue weighted by Crippen LogP contribution is 2.39. The summed E-state index contributed by atoms with van der Waals surface area (Å²) in [6, 6.07) is 0.802. The maximum absolute atomic E-state index is 3.43. The molecular weight excluding hydrogens is 234 g/mol. The summed E-state index contributed by atoms with van der Waals surface area (Å²) in [7, 11) is 2.34. The number of nitrogens with one attached hydrogen (secondary N) is 1. The van der Waals surface area contributed by atoms with Crippen molar-refractivity contribution in [1.29, 1.82) is 0 Å². The second-order valence-corrected chi connectivity index (χ2v) is 7.52. The van der Waals surface area contributed by atoms with Crippen molar-refractivity contribution < 1.29 is 0 Å². The minimum absolute atomic E-state index is 0.565. The summed E-state index contributed by atoms with van der Waals surface area (Å²) in [5.74, 6) is 0.844. The van der Waals surface area contributed by atoms with Gasteiger partial charge in [-0.3, -0.25) is 4.90 Å². The molecule has 2 unspecified atom stereocenters. The zero-order chi connectivity index (χ0) is 13.9. The first-order chi connectivity index (χ1) is 8.98. The molecule has 1 N–H and O–H groups in total. The van der Waals surface area contributed by atoms with Crippen LogP contribution in [0.15, 0.2) is 0 Å². The average Bonchev–Trinajstić information content (AvgIpc) is 2.36. The smallest absolute Gasteiger partial charge is 0.0119 e. The van der Waals surface area contributed by atoms with E-state index < -0.39 is 0 Å². The fourth-order valence-corrected chi connectivity index (χ4v) is 3.99. The van der Waals surface area contributed by atoms with Crippen LogP contribution in [0.2, 0.25) is 0 Å². The van der Waals surface area contributed by atoms with Crippen LogP contribution in [0, 0.1) is 11.3 Å². The Hall–Kier alpha value is -0.120. The number of rotatable bonds is 4. The molecule has 0 radical (unpaired) electrons. The first kappa shape index (κ1) is 15.3. The normalized spacial score (nSPS) is 32.7. The van der Waals surface area contributed by atoms with Crippen LogP contribution in [0.5, 0.6) is 0 Å². The molecule has 0 spiro atoms. The summed E-state index contributed by atoms with van der Waals surface area (Å²) in [5, 5.41) is 3.43. The van der Waals surface area contributed by atoms with Gasteiger partial charge in [-0.05, 0) is 37.6 Å². The largest absolute Gasteiger partial charge is 0.314 e. The van der Waals surface area contributed by atoms with Gasteiger partial charge in [-0.15, -0.1) is 0 Å². The first-order valence-corrected chi connectivity index (χ1v) is 8.11. The van der Waals surface area contributed by atoms with Crippen molar-refractivity contribution in [3.8, 4) is 0 Å². The molecule has 0 aromatic carbocycles. The summed E-state index contributed by atoms with van der Waals surface area (Å²) in [5.41, 5.74) is 0.565. The van der Waals surface area contributed by atoms with Crippen LogP contribution in [0.3, 0.4) is 0 Å². The summed E-state index contributed by atoms with van der Waals surface area (Å²) in [4.78, 5) is 5.23. The Labute approximate surface area is 119 Å². The maximum Gasteiger partial charge on any atom is 0.0119 e. The Morgan fingerprint density at radius 3 is 2.58 bits per heavy atom. The molecule has 112 valence electrons. The molecular formula is C16H33N3. The lowest BCUT2D eigenvalue weighted by Gasteiger charge is -2.43. The Morgan fingerprint density at radius 1 is 1.26 bits per heavy atom. The number of piperazine rings is 1. The van der Waals surface area contributed by atoms with Crippen LogP contribution >= 0.6 is 0 Å². The molecule has 3 heteroatoms. The molecule has 1 saturated heterocycles. The van der Waals surface area contributed by atoms with Crippen LogP contribution < -0.4 is 5.32 Å². The molecule has 2 rings (SSSR count). The lowest BCUT2D eigenvalue weighted by molar-refractivity contribution is 0.0686. The van der Waals surface area contributed by atoms with Crippen molar-refractivity contribution in [3.63, 3.8) is 0 Å². The second-order valence-electron chi connectivity index (χ2n) is 7.52. The molecule has 1 aliphatic heterocycles. The summed E-state index contributed by atoms with van der Waals surface area (Å²) < 4.78 is 0. The Morgan fingerprint density at radius 2 is 1.95 bits per heavy atom. The summed E-state index contributed by atoms with van der Waals surface area (Å²) in [6.45, 7) is 14.6. The lowest BCUT2D eigenvalue weighted by atomic mass is 9.70. The molecule has 1 heterocycles. The van der Waals surface area contributed by atoms with E-state index in [0.717, 1.165) is 25.0 Å². The molecule has 1 aliphatic carbocycles. The van der Waals surface area contributed by atoms with E-state index in [4.69, 9.17) is 0 Å². The maximum atomic E-state index is 3.43. The van der Waals surface area contributed by atoms with Crippen LogP contribution in [0.25, 0.3) is 0 Å². The predicted molar refractivity (Wildman–Crippen MR) is 82.5 cm³/mol. The van der Waals surface area contributed by atoms with Gasteiger partial charge in [0.05, 0.1) is 0 Å². The number of hydrogen-bond acceptors (Lipinski definition) is 3. The molecule has 2 aliphatic rings. The molecule has 2 fully saturated rings. The molecule has 0 amide bonds. The predicted octanol–water partition coefficient (Wildman–Crippen LogP) is 2.04. The second kappa shape index (κ2) is 6.55. The van der Waals surface area contributed by atoms with Crippen molar-refractivity contribution in [2.24, 2.45) is 11.3 Å². The Balaban J connectivity index is 1.74. The Kier molecular flexibility index (Phi) is 5.27. The number of nitrogens with zero attached hydrogens (tertiary/aromatic N) is 2. The van der Waals surface area contributed by atoms with Crippen LogP contribution in [-0.4, -0.2) is 62.2 Å². The molecule has 19 heavy (non-hydrogen) atoms. The number of hydrogen-bond donors (Lipinski definition) is 1. The van der Waals surface area contributed by atoms with Gasteiger partial charge in [-0.2, -0.15) is 0 Å². The van der Waals surface area contributed by atoms with Crippen molar-refractivity contribution in [1.82, 2.24) is 15.1 Å². The summed E-state index contributed by atoms with van der Waals surface area (Å²) in [6.07, 6.45) is 4.15. The van der Waals surface area contributed by atoms with Crippen molar-refractivity contribution in [3.05, 3.63) is 0 Å². The third-order valence-corrected chi connectivity index (χ3v) is 5.19. The van der Waals surface area contributed by atoms with Gasteiger partial charge in [-0.25, -0.2) is 0 Å². The van der Waals surface area contributed by atoms with Crippen molar-refractivity contribution >= 4 is 0 Å². The molecule has 0 aromatic rings. The third kappa shape index (κ3) is 4.44. The van der Waals surface area contributed by atoms with E-state index in [-0.39, 0.29) is 0 Å².